The highest BCUT2D eigenvalue weighted by Gasteiger charge is 2.05. The van der Waals surface area contributed by atoms with E-state index in [1.807, 2.05) is 13.0 Å². The highest BCUT2D eigenvalue weighted by Crippen LogP contribution is 2.20. The van der Waals surface area contributed by atoms with Gasteiger partial charge in [-0.15, -0.1) is 0 Å². The van der Waals surface area contributed by atoms with Crippen LogP contribution in [-0.2, 0) is 4.79 Å². The van der Waals surface area contributed by atoms with E-state index >= 15 is 0 Å². The smallest absolute Gasteiger partial charge is 0.243 e. The van der Waals surface area contributed by atoms with Crippen molar-refractivity contribution in [2.75, 3.05) is 17.2 Å². The number of benzene rings is 2. The van der Waals surface area contributed by atoms with Crippen LogP contribution >= 0.6 is 11.6 Å². The summed E-state index contributed by atoms with van der Waals surface area (Å²) < 4.78 is 13.0. The molecular weight excluding hydrogens is 279 g/mol. The van der Waals surface area contributed by atoms with Crippen molar-refractivity contribution in [1.29, 1.82) is 0 Å². The number of hydrogen-bond donors (Lipinski definition) is 2. The SMILES string of the molecule is Cc1ccc(Cl)cc1NC(=O)CNc1cccc(F)c1. The number of carbonyl (C=O) groups is 1. The van der Waals surface area contributed by atoms with Crippen LogP contribution in [-0.4, -0.2) is 12.5 Å². The van der Waals surface area contributed by atoms with Crippen LogP contribution in [0.3, 0.4) is 0 Å². The molecule has 2 aromatic rings. The number of hydrogen-bond acceptors (Lipinski definition) is 2. The first-order chi connectivity index (χ1) is 9.54. The molecule has 104 valence electrons. The summed E-state index contributed by atoms with van der Waals surface area (Å²) in [6.07, 6.45) is 0. The second kappa shape index (κ2) is 6.39. The summed E-state index contributed by atoms with van der Waals surface area (Å²) in [5.41, 5.74) is 2.15. The fourth-order valence-corrected chi connectivity index (χ4v) is 1.88. The molecule has 1 amide bonds. The minimum Gasteiger partial charge on any atom is -0.376 e. The Morgan fingerprint density at radius 1 is 1.25 bits per heavy atom. The van der Waals surface area contributed by atoms with Gasteiger partial charge in [-0.3, -0.25) is 4.79 Å². The highest BCUT2D eigenvalue weighted by atomic mass is 35.5. The lowest BCUT2D eigenvalue weighted by atomic mass is 10.2. The van der Waals surface area contributed by atoms with Crippen molar-refractivity contribution >= 4 is 28.9 Å². The van der Waals surface area contributed by atoms with E-state index in [2.05, 4.69) is 10.6 Å². The molecule has 0 aliphatic rings. The molecule has 0 bridgehead atoms. The summed E-state index contributed by atoms with van der Waals surface area (Å²) in [5.74, 6) is -0.569. The molecule has 0 aliphatic heterocycles. The summed E-state index contributed by atoms with van der Waals surface area (Å²) in [5, 5.41) is 6.17. The van der Waals surface area contributed by atoms with Crippen LogP contribution in [0.15, 0.2) is 42.5 Å². The van der Waals surface area contributed by atoms with E-state index in [4.69, 9.17) is 11.6 Å². The standard InChI is InChI=1S/C15H14ClFN2O/c1-10-5-6-11(16)7-14(10)19-15(20)9-18-13-4-2-3-12(17)8-13/h2-8,18H,9H2,1H3,(H,19,20). The van der Waals surface area contributed by atoms with E-state index < -0.39 is 0 Å². The number of rotatable bonds is 4. The molecule has 2 N–H and O–H groups in total. The third-order valence-corrected chi connectivity index (χ3v) is 2.99. The molecule has 0 saturated heterocycles. The Morgan fingerprint density at radius 2 is 2.05 bits per heavy atom. The molecule has 5 heteroatoms. The fourth-order valence-electron chi connectivity index (χ4n) is 1.70. The van der Waals surface area contributed by atoms with Crippen molar-refractivity contribution in [3.63, 3.8) is 0 Å². The minimum atomic E-state index is -0.346. The maximum Gasteiger partial charge on any atom is 0.243 e. The Morgan fingerprint density at radius 3 is 2.80 bits per heavy atom. The van der Waals surface area contributed by atoms with Crippen LogP contribution in [0, 0.1) is 12.7 Å². The summed E-state index contributed by atoms with van der Waals surface area (Å²) in [6.45, 7) is 1.93. The van der Waals surface area contributed by atoms with Gasteiger partial charge in [0.2, 0.25) is 5.91 Å². The number of aryl methyl sites for hydroxylation is 1. The highest BCUT2D eigenvalue weighted by molar-refractivity contribution is 6.31. The zero-order valence-electron chi connectivity index (χ0n) is 10.9. The van der Waals surface area contributed by atoms with Crippen LogP contribution < -0.4 is 10.6 Å². The van der Waals surface area contributed by atoms with Gasteiger partial charge in [0.05, 0.1) is 6.54 Å². The number of carbonyl (C=O) groups excluding carboxylic acids is 1. The molecule has 0 radical (unpaired) electrons. The molecule has 0 saturated carbocycles. The second-order valence-electron chi connectivity index (χ2n) is 4.37. The van der Waals surface area contributed by atoms with Crippen molar-refractivity contribution in [1.82, 2.24) is 0 Å². The summed E-state index contributed by atoms with van der Waals surface area (Å²) in [7, 11) is 0. The normalized spacial score (nSPS) is 10.2. The lowest BCUT2D eigenvalue weighted by molar-refractivity contribution is -0.114. The van der Waals surface area contributed by atoms with Crippen molar-refractivity contribution < 1.29 is 9.18 Å². The lowest BCUT2D eigenvalue weighted by Gasteiger charge is -2.10. The predicted molar refractivity (Wildman–Crippen MR) is 79.7 cm³/mol. The molecular formula is C15H14ClFN2O. The molecule has 0 unspecified atom stereocenters. The van der Waals surface area contributed by atoms with E-state index in [-0.39, 0.29) is 18.3 Å². The van der Waals surface area contributed by atoms with E-state index in [1.165, 1.54) is 12.1 Å². The van der Waals surface area contributed by atoms with Crippen LogP contribution in [0.5, 0.6) is 0 Å². The Bertz CT molecular complexity index is 631. The number of nitrogens with one attached hydrogen (secondary N) is 2. The average Bonchev–Trinajstić information content (AvgIpc) is 2.41. The van der Waals surface area contributed by atoms with Gasteiger partial charge in [0.15, 0.2) is 0 Å². The van der Waals surface area contributed by atoms with Gasteiger partial charge in [-0.1, -0.05) is 23.7 Å². The molecule has 0 heterocycles. The molecule has 20 heavy (non-hydrogen) atoms. The topological polar surface area (TPSA) is 41.1 Å². The molecule has 0 spiro atoms. The van der Waals surface area contributed by atoms with Crippen molar-refractivity contribution in [3.8, 4) is 0 Å². The summed E-state index contributed by atoms with van der Waals surface area (Å²) in [6, 6.07) is 11.2. The van der Waals surface area contributed by atoms with Crippen LogP contribution in [0.2, 0.25) is 5.02 Å². The van der Waals surface area contributed by atoms with Crippen molar-refractivity contribution in [3.05, 3.63) is 58.9 Å². The molecule has 3 nitrogen and oxygen atoms in total. The van der Waals surface area contributed by atoms with E-state index in [1.54, 1.807) is 24.3 Å². The lowest BCUT2D eigenvalue weighted by Crippen LogP contribution is -2.22. The third kappa shape index (κ3) is 3.96. The molecule has 0 atom stereocenters. The maximum atomic E-state index is 13.0. The Kier molecular flexibility index (Phi) is 4.58. The molecule has 0 aromatic heterocycles. The zero-order chi connectivity index (χ0) is 14.5. The Labute approximate surface area is 121 Å². The average molecular weight is 293 g/mol. The molecule has 2 rings (SSSR count). The van der Waals surface area contributed by atoms with Crippen molar-refractivity contribution in [2.45, 2.75) is 6.92 Å². The zero-order valence-corrected chi connectivity index (χ0v) is 11.7. The fraction of sp³-hybridized carbons (Fsp3) is 0.133. The molecule has 2 aromatic carbocycles. The monoisotopic (exact) mass is 292 g/mol. The number of halogens is 2. The van der Waals surface area contributed by atoms with Crippen LogP contribution in [0.1, 0.15) is 5.56 Å². The quantitative estimate of drug-likeness (QED) is 0.899. The number of anilines is 2. The molecule has 0 fully saturated rings. The summed E-state index contributed by atoms with van der Waals surface area (Å²) >= 11 is 5.88. The van der Waals surface area contributed by atoms with Crippen LogP contribution in [0.25, 0.3) is 0 Å². The van der Waals surface area contributed by atoms with Gasteiger partial charge in [0, 0.05) is 16.4 Å². The van der Waals surface area contributed by atoms with Gasteiger partial charge in [0.25, 0.3) is 0 Å². The minimum absolute atomic E-state index is 0.0510. The van der Waals surface area contributed by atoms with Gasteiger partial charge in [-0.25, -0.2) is 4.39 Å². The van der Waals surface area contributed by atoms with E-state index in [0.717, 1.165) is 5.56 Å². The maximum absolute atomic E-state index is 13.0. The van der Waals surface area contributed by atoms with E-state index in [0.29, 0.717) is 16.4 Å². The predicted octanol–water partition coefficient (Wildman–Crippen LogP) is 3.84. The third-order valence-electron chi connectivity index (χ3n) is 2.75. The Hall–Kier alpha value is -2.07. The first-order valence-corrected chi connectivity index (χ1v) is 6.48. The van der Waals surface area contributed by atoms with Crippen LogP contribution in [0.4, 0.5) is 15.8 Å². The number of amides is 1. The second-order valence-corrected chi connectivity index (χ2v) is 4.81. The first-order valence-electron chi connectivity index (χ1n) is 6.10. The van der Waals surface area contributed by atoms with Gasteiger partial charge in [-0.05, 0) is 42.8 Å². The van der Waals surface area contributed by atoms with Gasteiger partial charge in [0.1, 0.15) is 5.82 Å². The van der Waals surface area contributed by atoms with E-state index in [9.17, 15) is 9.18 Å². The summed E-state index contributed by atoms with van der Waals surface area (Å²) in [4.78, 5) is 11.8. The Balaban J connectivity index is 1.94. The molecule has 0 aliphatic carbocycles. The largest absolute Gasteiger partial charge is 0.376 e. The van der Waals surface area contributed by atoms with Crippen molar-refractivity contribution in [2.24, 2.45) is 0 Å². The first kappa shape index (κ1) is 14.3. The van der Waals surface area contributed by atoms with Gasteiger partial charge < -0.3 is 10.6 Å². The van der Waals surface area contributed by atoms with Gasteiger partial charge >= 0.3 is 0 Å². The van der Waals surface area contributed by atoms with Gasteiger partial charge in [-0.2, -0.15) is 0 Å².